The molecule has 11 heteroatoms. The third-order valence-corrected chi connectivity index (χ3v) is 9.17. The van der Waals surface area contributed by atoms with Gasteiger partial charge < -0.3 is 4.98 Å². The number of rotatable bonds is 10. The van der Waals surface area contributed by atoms with E-state index < -0.39 is 0 Å². The Morgan fingerprint density at radius 3 is 2.60 bits per heavy atom. The number of pyridine rings is 2. The highest BCUT2D eigenvalue weighted by Gasteiger charge is 2.26. The van der Waals surface area contributed by atoms with Gasteiger partial charge in [0.05, 0.1) is 11.1 Å². The molecule has 210 valence electrons. The summed E-state index contributed by atoms with van der Waals surface area (Å²) in [5.74, 6) is 1.55. The number of fused-ring (bicyclic) bond motifs is 1. The first-order valence-corrected chi connectivity index (χ1v) is 15.9. The Kier molecular flexibility index (Phi) is 9.09. The monoisotopic (exact) mass is 672 g/mol. The van der Waals surface area contributed by atoms with Crippen LogP contribution in [0, 0.1) is 3.70 Å². The second-order valence-electron chi connectivity index (χ2n) is 10.0. The first kappa shape index (κ1) is 28.6. The summed E-state index contributed by atoms with van der Waals surface area (Å²) in [5.41, 5.74) is 2.46. The van der Waals surface area contributed by atoms with Gasteiger partial charge in [-0.3, -0.25) is 23.6 Å². The minimum atomic E-state index is -0.298. The molecule has 1 aliphatic heterocycles. The number of thioether (sulfide) groups is 1. The van der Waals surface area contributed by atoms with Gasteiger partial charge in [-0.25, -0.2) is 14.8 Å². The number of nitrogens with zero attached hydrogens (tertiary/aromatic N) is 5. The van der Waals surface area contributed by atoms with Crippen molar-refractivity contribution >= 4 is 57.1 Å². The molecule has 0 radical (unpaired) electrons. The van der Waals surface area contributed by atoms with E-state index in [1.165, 1.54) is 4.57 Å². The summed E-state index contributed by atoms with van der Waals surface area (Å²) < 4.78 is 3.85. The summed E-state index contributed by atoms with van der Waals surface area (Å²) in [7, 11) is 0. The standard InChI is InChI=1S/C29H33IN6O3S/c1-3-5-13-35-28(38)26-23(34(12-4-2)29(35)39)15-22(33-26)19-9-11-25(32-16-19)36(18-21-7-6-14-40-21)27(37)20-8-10-24(30)31-17-20/h8-11,15-17,21,33H,3-7,12-14,18H2,1-2H3. The van der Waals surface area contributed by atoms with Gasteiger partial charge >= 0.3 is 5.69 Å². The number of carbonyl (C=O) groups excluding carboxylic acids is 1. The third kappa shape index (κ3) is 5.90. The molecule has 1 amide bonds. The van der Waals surface area contributed by atoms with Gasteiger partial charge in [0.2, 0.25) is 0 Å². The lowest BCUT2D eigenvalue weighted by molar-refractivity contribution is 0.0985. The minimum absolute atomic E-state index is 0.126. The average molecular weight is 673 g/mol. The highest BCUT2D eigenvalue weighted by molar-refractivity contribution is 14.1. The Hall–Kier alpha value is -2.93. The van der Waals surface area contributed by atoms with E-state index in [1.54, 1.807) is 27.9 Å². The van der Waals surface area contributed by atoms with Crippen molar-refractivity contribution in [2.75, 3.05) is 17.2 Å². The number of H-pyrrole nitrogens is 1. The number of anilines is 1. The smallest absolute Gasteiger partial charge is 0.331 e. The molecule has 5 heterocycles. The summed E-state index contributed by atoms with van der Waals surface area (Å²) in [6.45, 7) is 5.56. The fourth-order valence-corrected chi connectivity index (χ4v) is 6.61. The number of unbranched alkanes of at least 4 members (excludes halogenated alkanes) is 1. The molecule has 4 aromatic rings. The van der Waals surface area contributed by atoms with Gasteiger partial charge in [-0.15, -0.1) is 0 Å². The molecule has 1 fully saturated rings. The van der Waals surface area contributed by atoms with Crippen molar-refractivity contribution in [1.82, 2.24) is 24.1 Å². The van der Waals surface area contributed by atoms with Crippen molar-refractivity contribution in [3.05, 3.63) is 72.8 Å². The predicted molar refractivity (Wildman–Crippen MR) is 169 cm³/mol. The molecular formula is C29H33IN6O3S. The van der Waals surface area contributed by atoms with E-state index in [4.69, 9.17) is 4.98 Å². The van der Waals surface area contributed by atoms with E-state index in [0.29, 0.717) is 53.0 Å². The van der Waals surface area contributed by atoms with E-state index in [2.05, 4.69) is 32.6 Å². The topological polar surface area (TPSA) is 106 Å². The summed E-state index contributed by atoms with van der Waals surface area (Å²) in [4.78, 5) is 53.9. The molecule has 5 rings (SSSR count). The molecule has 4 aromatic heterocycles. The highest BCUT2D eigenvalue weighted by atomic mass is 127. The maximum absolute atomic E-state index is 13.6. The van der Waals surface area contributed by atoms with Crippen molar-refractivity contribution in [1.29, 1.82) is 0 Å². The lowest BCUT2D eigenvalue weighted by Crippen LogP contribution is -2.40. The zero-order valence-electron chi connectivity index (χ0n) is 22.7. The maximum Gasteiger partial charge on any atom is 0.331 e. The van der Waals surface area contributed by atoms with Crippen LogP contribution in [-0.4, -0.2) is 47.5 Å². The molecule has 0 aromatic carbocycles. The van der Waals surface area contributed by atoms with Crippen molar-refractivity contribution in [2.45, 2.75) is 64.3 Å². The lowest BCUT2D eigenvalue weighted by atomic mass is 10.2. The Bertz CT molecular complexity index is 1600. The number of aromatic amines is 1. The van der Waals surface area contributed by atoms with Gasteiger partial charge in [-0.1, -0.05) is 20.3 Å². The summed E-state index contributed by atoms with van der Waals surface area (Å²) >= 11 is 4.02. The van der Waals surface area contributed by atoms with Crippen LogP contribution in [0.5, 0.6) is 0 Å². The second-order valence-corrected chi connectivity index (χ2v) is 12.5. The maximum atomic E-state index is 13.6. The zero-order valence-corrected chi connectivity index (χ0v) is 25.7. The van der Waals surface area contributed by atoms with Gasteiger partial charge in [-0.05, 0) is 84.4 Å². The Morgan fingerprint density at radius 1 is 1.10 bits per heavy atom. The van der Waals surface area contributed by atoms with Crippen LogP contribution in [0.4, 0.5) is 5.82 Å². The highest BCUT2D eigenvalue weighted by Crippen LogP contribution is 2.30. The van der Waals surface area contributed by atoms with E-state index in [-0.39, 0.29) is 17.2 Å². The van der Waals surface area contributed by atoms with Gasteiger partial charge in [0, 0.05) is 48.5 Å². The second kappa shape index (κ2) is 12.7. The molecule has 1 N–H and O–H groups in total. The molecular weight excluding hydrogens is 639 g/mol. The van der Waals surface area contributed by atoms with Crippen LogP contribution < -0.4 is 16.1 Å². The fourth-order valence-electron chi connectivity index (χ4n) is 5.03. The van der Waals surface area contributed by atoms with E-state index >= 15 is 0 Å². The van der Waals surface area contributed by atoms with E-state index in [1.807, 2.05) is 49.9 Å². The SMILES string of the molecule is CCCCn1c(=O)c2[nH]c(-c3ccc(N(CC4CCCS4)C(=O)c4ccc(I)nc4)nc3)cc2n(CCC)c1=O. The van der Waals surface area contributed by atoms with Crippen molar-refractivity contribution in [2.24, 2.45) is 0 Å². The summed E-state index contributed by atoms with van der Waals surface area (Å²) in [5, 5.41) is 0.362. The molecule has 40 heavy (non-hydrogen) atoms. The number of nitrogens with one attached hydrogen (secondary N) is 1. The Balaban J connectivity index is 1.50. The van der Waals surface area contributed by atoms with E-state index in [9.17, 15) is 14.4 Å². The average Bonchev–Trinajstić information content (AvgIpc) is 3.65. The number of aromatic nitrogens is 5. The van der Waals surface area contributed by atoms with Gasteiger partial charge in [0.1, 0.15) is 15.0 Å². The largest absolute Gasteiger partial charge is 0.349 e. The van der Waals surface area contributed by atoms with Crippen LogP contribution in [0.15, 0.2) is 52.3 Å². The molecule has 1 saturated heterocycles. The van der Waals surface area contributed by atoms with Crippen LogP contribution in [0.25, 0.3) is 22.3 Å². The molecule has 9 nitrogen and oxygen atoms in total. The van der Waals surface area contributed by atoms with Crippen LogP contribution in [-0.2, 0) is 13.1 Å². The molecule has 0 saturated carbocycles. The Labute approximate surface area is 250 Å². The summed E-state index contributed by atoms with van der Waals surface area (Å²) in [6.07, 6.45) is 7.98. The van der Waals surface area contributed by atoms with Crippen molar-refractivity contribution in [3.8, 4) is 11.3 Å². The van der Waals surface area contributed by atoms with Gasteiger partial charge in [-0.2, -0.15) is 11.8 Å². The predicted octanol–water partition coefficient (Wildman–Crippen LogP) is 5.31. The zero-order chi connectivity index (χ0) is 28.2. The molecule has 0 bridgehead atoms. The number of aryl methyl sites for hydroxylation is 1. The fraction of sp³-hybridized carbons (Fsp3) is 0.414. The minimum Gasteiger partial charge on any atom is -0.349 e. The van der Waals surface area contributed by atoms with Crippen LogP contribution in [0.3, 0.4) is 0 Å². The summed E-state index contributed by atoms with van der Waals surface area (Å²) in [6, 6.07) is 9.23. The normalized spacial score (nSPS) is 15.1. The van der Waals surface area contributed by atoms with Crippen LogP contribution >= 0.6 is 34.4 Å². The molecule has 1 unspecified atom stereocenters. The number of hydrogen-bond acceptors (Lipinski definition) is 6. The van der Waals surface area contributed by atoms with Crippen LogP contribution in [0.1, 0.15) is 56.3 Å². The number of halogens is 1. The third-order valence-electron chi connectivity index (χ3n) is 7.16. The first-order valence-electron chi connectivity index (χ1n) is 13.8. The first-order chi connectivity index (χ1) is 19.4. The van der Waals surface area contributed by atoms with E-state index in [0.717, 1.165) is 47.1 Å². The quantitative estimate of drug-likeness (QED) is 0.181. The van der Waals surface area contributed by atoms with Gasteiger partial charge in [0.25, 0.3) is 11.5 Å². The number of amides is 1. The Morgan fingerprint density at radius 2 is 1.95 bits per heavy atom. The number of carbonyl (C=O) groups is 1. The van der Waals surface area contributed by atoms with Crippen molar-refractivity contribution < 1.29 is 4.79 Å². The lowest BCUT2D eigenvalue weighted by Gasteiger charge is -2.24. The molecule has 1 aliphatic rings. The van der Waals surface area contributed by atoms with Gasteiger partial charge in [0.15, 0.2) is 0 Å². The molecule has 0 aliphatic carbocycles. The molecule has 1 atom stereocenters. The molecule has 0 spiro atoms. The van der Waals surface area contributed by atoms with Crippen molar-refractivity contribution in [3.63, 3.8) is 0 Å². The van der Waals surface area contributed by atoms with Crippen LogP contribution in [0.2, 0.25) is 0 Å². The number of hydrogen-bond donors (Lipinski definition) is 1.